The molecule has 9 nitrogen and oxygen atoms in total. The van der Waals surface area contributed by atoms with Crippen LogP contribution in [0.1, 0.15) is 10.5 Å². The van der Waals surface area contributed by atoms with Crippen molar-refractivity contribution in [1.82, 2.24) is 20.2 Å². The minimum atomic E-state index is -0.667. The first kappa shape index (κ1) is 13.9. The molecule has 2 aliphatic heterocycles. The van der Waals surface area contributed by atoms with Gasteiger partial charge in [0.25, 0.3) is 5.91 Å². The highest BCUT2D eigenvalue weighted by atomic mass is 16.2. The number of carbonyl (C=O) groups is 3. The van der Waals surface area contributed by atoms with Gasteiger partial charge >= 0.3 is 6.03 Å². The lowest BCUT2D eigenvalue weighted by Gasteiger charge is -2.27. The van der Waals surface area contributed by atoms with Crippen molar-refractivity contribution in [3.63, 3.8) is 0 Å². The summed E-state index contributed by atoms with van der Waals surface area (Å²) in [4.78, 5) is 50.9. The Kier molecular flexibility index (Phi) is 3.60. The van der Waals surface area contributed by atoms with E-state index in [2.05, 4.69) is 25.3 Å². The Bertz CT molecular complexity index is 703. The van der Waals surface area contributed by atoms with E-state index in [1.165, 1.54) is 18.7 Å². The molecule has 1 aromatic heterocycles. The number of hydrogen-bond acceptors (Lipinski definition) is 5. The third-order valence-electron chi connectivity index (χ3n) is 3.21. The van der Waals surface area contributed by atoms with Crippen LogP contribution in [0.5, 0.6) is 0 Å². The van der Waals surface area contributed by atoms with Crippen LogP contribution in [-0.4, -0.2) is 57.9 Å². The minimum Gasteiger partial charge on any atom is -0.349 e. The molecule has 0 saturated carbocycles. The van der Waals surface area contributed by atoms with Crippen molar-refractivity contribution < 1.29 is 14.4 Å². The van der Waals surface area contributed by atoms with E-state index >= 15 is 0 Å². The lowest BCUT2D eigenvalue weighted by molar-refractivity contribution is -0.129. The van der Waals surface area contributed by atoms with Crippen LogP contribution in [0.15, 0.2) is 34.7 Å². The lowest BCUT2D eigenvalue weighted by atomic mass is 10.0. The minimum absolute atomic E-state index is 0.0440. The van der Waals surface area contributed by atoms with E-state index in [9.17, 15) is 14.4 Å². The molecule has 0 radical (unpaired) electrons. The maximum atomic E-state index is 12.2. The highest BCUT2D eigenvalue weighted by molar-refractivity contribution is 6.19. The van der Waals surface area contributed by atoms with E-state index in [4.69, 9.17) is 0 Å². The molecule has 2 N–H and O–H groups in total. The summed E-state index contributed by atoms with van der Waals surface area (Å²) in [6.07, 6.45) is 7.52. The van der Waals surface area contributed by atoms with Crippen molar-refractivity contribution in [2.75, 3.05) is 13.1 Å². The zero-order valence-electron chi connectivity index (χ0n) is 11.4. The quantitative estimate of drug-likeness (QED) is 0.797. The third-order valence-corrected chi connectivity index (χ3v) is 3.21. The summed E-state index contributed by atoms with van der Waals surface area (Å²) in [6, 6.07) is -0.667. The maximum Gasteiger partial charge on any atom is 0.352 e. The summed E-state index contributed by atoms with van der Waals surface area (Å²) in [5.74, 6) is -1.18. The summed E-state index contributed by atoms with van der Waals surface area (Å²) < 4.78 is 0. The van der Waals surface area contributed by atoms with Crippen molar-refractivity contribution >= 4 is 29.9 Å². The van der Waals surface area contributed by atoms with Crippen molar-refractivity contribution in [1.29, 1.82) is 0 Å². The summed E-state index contributed by atoms with van der Waals surface area (Å²) in [5.41, 5.74) is 0.307. The van der Waals surface area contributed by atoms with Crippen molar-refractivity contribution in [3.05, 3.63) is 30.4 Å². The zero-order chi connectivity index (χ0) is 15.5. The SMILES string of the molecule is O=C(NCCN1C(=O)N=C2N=CC=CC2C1=O)c1cnc[nH]1. The number of nitrogens with zero attached hydrogens (tertiary/aromatic N) is 4. The van der Waals surface area contributed by atoms with Gasteiger partial charge in [-0.3, -0.25) is 14.5 Å². The standard InChI is InChI=1S/C13H12N6O3/c20-11(9-6-14-7-17-9)16-4-5-19-12(21)8-2-1-3-15-10(8)18-13(19)22/h1-3,6-8H,4-5H2,(H,14,17)(H,16,20). The van der Waals surface area contributed by atoms with Crippen LogP contribution >= 0.6 is 0 Å². The number of amidine groups is 1. The number of fused-ring (bicyclic) bond motifs is 1. The fourth-order valence-electron chi connectivity index (χ4n) is 2.12. The number of dihydropyridines is 1. The summed E-state index contributed by atoms with van der Waals surface area (Å²) in [6.45, 7) is 0.169. The van der Waals surface area contributed by atoms with Gasteiger partial charge in [0.05, 0.1) is 12.5 Å². The number of urea groups is 1. The van der Waals surface area contributed by atoms with Gasteiger partial charge < -0.3 is 10.3 Å². The first-order valence-corrected chi connectivity index (χ1v) is 6.58. The molecule has 3 heterocycles. The monoisotopic (exact) mass is 300 g/mol. The van der Waals surface area contributed by atoms with Gasteiger partial charge in [0.2, 0.25) is 5.91 Å². The summed E-state index contributed by atoms with van der Waals surface area (Å²) in [7, 11) is 0. The van der Waals surface area contributed by atoms with E-state index < -0.39 is 11.9 Å². The van der Waals surface area contributed by atoms with Crippen molar-refractivity contribution in [2.45, 2.75) is 0 Å². The second kappa shape index (κ2) is 5.72. The fourth-order valence-corrected chi connectivity index (χ4v) is 2.12. The Morgan fingerprint density at radius 3 is 3.05 bits per heavy atom. The molecule has 0 aromatic carbocycles. The Labute approximate surface area is 124 Å². The molecule has 3 rings (SSSR count). The summed E-state index contributed by atoms with van der Waals surface area (Å²) >= 11 is 0. The van der Waals surface area contributed by atoms with Crippen LogP contribution < -0.4 is 5.32 Å². The van der Waals surface area contributed by atoms with E-state index in [0.717, 1.165) is 4.90 Å². The molecule has 0 aliphatic carbocycles. The highest BCUT2D eigenvalue weighted by Gasteiger charge is 2.36. The van der Waals surface area contributed by atoms with Gasteiger partial charge in [-0.05, 0) is 6.08 Å². The van der Waals surface area contributed by atoms with Gasteiger partial charge in [0.15, 0.2) is 0 Å². The zero-order valence-corrected chi connectivity index (χ0v) is 11.4. The fraction of sp³-hybridized carbons (Fsp3) is 0.231. The van der Waals surface area contributed by atoms with Crippen LogP contribution in [0, 0.1) is 5.92 Å². The number of rotatable bonds is 4. The maximum absolute atomic E-state index is 12.2. The van der Waals surface area contributed by atoms with Crippen molar-refractivity contribution in [3.8, 4) is 0 Å². The number of amides is 4. The number of hydrogen-bond donors (Lipinski definition) is 2. The Morgan fingerprint density at radius 2 is 2.27 bits per heavy atom. The smallest absolute Gasteiger partial charge is 0.349 e. The predicted molar refractivity (Wildman–Crippen MR) is 76.6 cm³/mol. The molecule has 0 spiro atoms. The molecular formula is C13H12N6O3. The second-order valence-electron chi connectivity index (χ2n) is 4.60. The predicted octanol–water partition coefficient (Wildman–Crippen LogP) is -0.243. The molecule has 2 aliphatic rings. The van der Waals surface area contributed by atoms with Gasteiger partial charge in [-0.25, -0.2) is 14.8 Å². The molecule has 1 aromatic rings. The second-order valence-corrected chi connectivity index (χ2v) is 4.60. The number of nitrogens with one attached hydrogen (secondary N) is 2. The van der Waals surface area contributed by atoms with E-state index in [1.807, 2.05) is 0 Å². The summed E-state index contributed by atoms with van der Waals surface area (Å²) in [5, 5.41) is 2.59. The molecule has 0 saturated heterocycles. The van der Waals surface area contributed by atoms with Gasteiger partial charge in [-0.15, -0.1) is 0 Å². The van der Waals surface area contributed by atoms with Gasteiger partial charge in [-0.2, -0.15) is 4.99 Å². The van der Waals surface area contributed by atoms with Crippen LogP contribution in [0.4, 0.5) is 4.79 Å². The van der Waals surface area contributed by atoms with Gasteiger partial charge in [0.1, 0.15) is 17.4 Å². The Morgan fingerprint density at radius 1 is 1.41 bits per heavy atom. The first-order valence-electron chi connectivity index (χ1n) is 6.58. The Balaban J connectivity index is 1.61. The normalized spacial score (nSPS) is 19.9. The lowest BCUT2D eigenvalue weighted by Crippen LogP contribution is -2.48. The number of imidazole rings is 1. The number of aliphatic imine (C=N–C) groups is 2. The van der Waals surface area contributed by atoms with Crippen molar-refractivity contribution in [2.24, 2.45) is 15.9 Å². The highest BCUT2D eigenvalue weighted by Crippen LogP contribution is 2.18. The molecule has 4 amide bonds. The number of H-pyrrole nitrogens is 1. The average molecular weight is 300 g/mol. The van der Waals surface area contributed by atoms with E-state index in [1.54, 1.807) is 12.2 Å². The number of aromatic nitrogens is 2. The molecule has 9 heteroatoms. The Hall–Kier alpha value is -3.10. The van der Waals surface area contributed by atoms with Crippen LogP contribution in [0.2, 0.25) is 0 Å². The first-order chi connectivity index (χ1) is 10.7. The molecule has 1 unspecified atom stereocenters. The number of carbonyl (C=O) groups excluding carboxylic acids is 3. The third kappa shape index (κ3) is 2.55. The van der Waals surface area contributed by atoms with Gasteiger partial charge in [0, 0.05) is 19.3 Å². The van der Waals surface area contributed by atoms with Crippen LogP contribution in [0.3, 0.4) is 0 Å². The average Bonchev–Trinajstić information content (AvgIpc) is 3.05. The van der Waals surface area contributed by atoms with Gasteiger partial charge in [-0.1, -0.05) is 6.08 Å². The molecular weight excluding hydrogens is 288 g/mol. The largest absolute Gasteiger partial charge is 0.352 e. The topological polar surface area (TPSA) is 120 Å². The van der Waals surface area contributed by atoms with Crippen LogP contribution in [-0.2, 0) is 4.79 Å². The van der Waals surface area contributed by atoms with E-state index in [0.29, 0.717) is 5.69 Å². The van der Waals surface area contributed by atoms with E-state index in [-0.39, 0.29) is 30.7 Å². The molecule has 1 atom stereocenters. The number of allylic oxidation sites excluding steroid dienone is 1. The molecule has 22 heavy (non-hydrogen) atoms. The molecule has 0 bridgehead atoms. The molecule has 0 fully saturated rings. The number of aromatic amines is 1. The van der Waals surface area contributed by atoms with Crippen LogP contribution in [0.25, 0.3) is 0 Å². The number of imide groups is 1. The molecule has 112 valence electrons.